The largest absolute Gasteiger partial charge is 0.330 e. The lowest BCUT2D eigenvalue weighted by atomic mass is 10.3. The number of allylic oxidation sites excluding steroid dienone is 1. The van der Waals surface area contributed by atoms with Crippen LogP contribution in [-0.4, -0.2) is 32.1 Å². The van der Waals surface area contributed by atoms with Gasteiger partial charge >= 0.3 is 0 Å². The maximum atomic E-state index is 5.33. The summed E-state index contributed by atoms with van der Waals surface area (Å²) in [7, 11) is 4.13. The molecule has 0 atom stereocenters. The van der Waals surface area contributed by atoms with E-state index in [4.69, 9.17) is 5.73 Å². The van der Waals surface area contributed by atoms with Gasteiger partial charge in [-0.05, 0) is 33.5 Å². The highest BCUT2D eigenvalue weighted by Gasteiger charge is 1.81. The minimum absolute atomic E-state index is 0.798. The first-order valence-electron chi connectivity index (χ1n) is 3.77. The Kier molecular flexibility index (Phi) is 6.55. The molecule has 2 nitrogen and oxygen atoms in total. The van der Waals surface area contributed by atoms with Gasteiger partial charge < -0.3 is 10.6 Å². The highest BCUT2D eigenvalue weighted by molar-refractivity contribution is 4.83. The van der Waals surface area contributed by atoms with Gasteiger partial charge in [0.1, 0.15) is 0 Å². The van der Waals surface area contributed by atoms with Crippen LogP contribution in [0, 0.1) is 0 Å². The Hall–Kier alpha value is -0.340. The van der Waals surface area contributed by atoms with Crippen molar-refractivity contribution in [1.29, 1.82) is 0 Å². The zero-order valence-electron chi connectivity index (χ0n) is 7.01. The van der Waals surface area contributed by atoms with Crippen molar-refractivity contribution in [2.45, 2.75) is 12.8 Å². The molecule has 60 valence electrons. The van der Waals surface area contributed by atoms with Crippen molar-refractivity contribution in [2.24, 2.45) is 5.73 Å². The average Bonchev–Trinajstić information content (AvgIpc) is 1.87. The molecule has 0 aliphatic carbocycles. The molecule has 0 fully saturated rings. The SMILES string of the molecule is CN(C)CC=CCCCN. The third-order valence-corrected chi connectivity index (χ3v) is 1.21. The Morgan fingerprint density at radius 1 is 1.30 bits per heavy atom. The second kappa shape index (κ2) is 6.78. The highest BCUT2D eigenvalue weighted by Crippen LogP contribution is 1.87. The van der Waals surface area contributed by atoms with Crippen LogP contribution in [0.5, 0.6) is 0 Å². The van der Waals surface area contributed by atoms with Crippen LogP contribution in [-0.2, 0) is 0 Å². The molecule has 0 unspecified atom stereocenters. The summed E-state index contributed by atoms with van der Waals surface area (Å²) < 4.78 is 0. The van der Waals surface area contributed by atoms with Crippen molar-refractivity contribution in [3.63, 3.8) is 0 Å². The van der Waals surface area contributed by atoms with Gasteiger partial charge in [0.15, 0.2) is 0 Å². The molecule has 0 aromatic heterocycles. The van der Waals surface area contributed by atoms with Gasteiger partial charge in [-0.15, -0.1) is 0 Å². The lowest BCUT2D eigenvalue weighted by Crippen LogP contribution is -2.10. The van der Waals surface area contributed by atoms with Crippen molar-refractivity contribution in [2.75, 3.05) is 27.2 Å². The molecule has 0 amide bonds. The Morgan fingerprint density at radius 2 is 2.00 bits per heavy atom. The number of unbranched alkanes of at least 4 members (excludes halogenated alkanes) is 1. The lowest BCUT2D eigenvalue weighted by molar-refractivity contribution is 0.456. The van der Waals surface area contributed by atoms with Gasteiger partial charge in [0, 0.05) is 6.54 Å². The zero-order valence-corrected chi connectivity index (χ0v) is 7.01. The number of nitrogens with zero attached hydrogens (tertiary/aromatic N) is 1. The number of hydrogen-bond acceptors (Lipinski definition) is 2. The van der Waals surface area contributed by atoms with Gasteiger partial charge in [-0.1, -0.05) is 12.2 Å². The topological polar surface area (TPSA) is 29.3 Å². The van der Waals surface area contributed by atoms with Gasteiger partial charge in [-0.25, -0.2) is 0 Å². The molecular weight excluding hydrogens is 124 g/mol. The third-order valence-electron chi connectivity index (χ3n) is 1.21. The maximum absolute atomic E-state index is 5.33. The van der Waals surface area contributed by atoms with E-state index >= 15 is 0 Å². The first-order valence-corrected chi connectivity index (χ1v) is 3.77. The van der Waals surface area contributed by atoms with Crippen molar-refractivity contribution in [3.05, 3.63) is 12.2 Å². The van der Waals surface area contributed by atoms with E-state index in [0.29, 0.717) is 0 Å². The molecule has 2 N–H and O–H groups in total. The van der Waals surface area contributed by atoms with Gasteiger partial charge in [0.25, 0.3) is 0 Å². The molecule has 0 heterocycles. The fourth-order valence-electron chi connectivity index (χ4n) is 0.639. The third kappa shape index (κ3) is 7.66. The van der Waals surface area contributed by atoms with E-state index in [0.717, 1.165) is 25.9 Å². The van der Waals surface area contributed by atoms with Crippen molar-refractivity contribution >= 4 is 0 Å². The fraction of sp³-hybridized carbons (Fsp3) is 0.750. The molecule has 0 aromatic carbocycles. The average molecular weight is 142 g/mol. The van der Waals surface area contributed by atoms with E-state index in [2.05, 4.69) is 31.1 Å². The van der Waals surface area contributed by atoms with Crippen LogP contribution in [0.25, 0.3) is 0 Å². The molecule has 0 saturated heterocycles. The van der Waals surface area contributed by atoms with E-state index in [-0.39, 0.29) is 0 Å². The Labute approximate surface area is 63.7 Å². The predicted molar refractivity (Wildman–Crippen MR) is 46.0 cm³/mol. The summed E-state index contributed by atoms with van der Waals surface area (Å²) in [5, 5.41) is 0. The second-order valence-corrected chi connectivity index (χ2v) is 2.66. The van der Waals surface area contributed by atoms with Crippen LogP contribution in [0.1, 0.15) is 12.8 Å². The Bertz CT molecular complexity index is 87.3. The zero-order chi connectivity index (χ0) is 7.82. The summed E-state index contributed by atoms with van der Waals surface area (Å²) >= 11 is 0. The van der Waals surface area contributed by atoms with Crippen LogP contribution in [0.3, 0.4) is 0 Å². The van der Waals surface area contributed by atoms with Crippen molar-refractivity contribution in [3.8, 4) is 0 Å². The fourth-order valence-corrected chi connectivity index (χ4v) is 0.639. The second-order valence-electron chi connectivity index (χ2n) is 2.66. The van der Waals surface area contributed by atoms with Gasteiger partial charge in [-0.2, -0.15) is 0 Å². The van der Waals surface area contributed by atoms with Crippen LogP contribution in [0.4, 0.5) is 0 Å². The Balaban J connectivity index is 3.04. The quantitative estimate of drug-likeness (QED) is 0.455. The van der Waals surface area contributed by atoms with Crippen LogP contribution in [0.2, 0.25) is 0 Å². The summed E-state index contributed by atoms with van der Waals surface area (Å²) in [5.74, 6) is 0. The monoisotopic (exact) mass is 142 g/mol. The highest BCUT2D eigenvalue weighted by atomic mass is 15.0. The van der Waals surface area contributed by atoms with Gasteiger partial charge in [-0.3, -0.25) is 0 Å². The number of hydrogen-bond donors (Lipinski definition) is 1. The molecule has 0 bridgehead atoms. The van der Waals surface area contributed by atoms with Crippen LogP contribution in [0.15, 0.2) is 12.2 Å². The summed E-state index contributed by atoms with van der Waals surface area (Å²) in [6.07, 6.45) is 6.58. The van der Waals surface area contributed by atoms with Crippen molar-refractivity contribution < 1.29 is 0 Å². The molecular formula is C8H18N2. The molecule has 10 heavy (non-hydrogen) atoms. The first-order chi connectivity index (χ1) is 4.77. The first kappa shape index (κ1) is 9.66. The summed E-state index contributed by atoms with van der Waals surface area (Å²) in [6, 6.07) is 0. The van der Waals surface area contributed by atoms with Crippen LogP contribution >= 0.6 is 0 Å². The summed E-state index contributed by atoms with van der Waals surface area (Å²) in [6.45, 7) is 1.83. The normalized spacial score (nSPS) is 11.6. The van der Waals surface area contributed by atoms with E-state index in [1.54, 1.807) is 0 Å². The van der Waals surface area contributed by atoms with Gasteiger partial charge in [0.2, 0.25) is 0 Å². The van der Waals surface area contributed by atoms with Gasteiger partial charge in [0.05, 0.1) is 0 Å². The number of rotatable bonds is 5. The van der Waals surface area contributed by atoms with E-state index in [1.807, 2.05) is 0 Å². The lowest BCUT2D eigenvalue weighted by Gasteiger charge is -2.02. The predicted octanol–water partition coefficient (Wildman–Crippen LogP) is 0.843. The molecule has 0 saturated carbocycles. The molecule has 2 heteroatoms. The minimum atomic E-state index is 0.798. The minimum Gasteiger partial charge on any atom is -0.330 e. The molecule has 0 aliphatic rings. The van der Waals surface area contributed by atoms with E-state index in [9.17, 15) is 0 Å². The smallest absolute Gasteiger partial charge is 0.0157 e. The number of nitrogens with two attached hydrogens (primary N) is 1. The van der Waals surface area contributed by atoms with Crippen LogP contribution < -0.4 is 5.73 Å². The Morgan fingerprint density at radius 3 is 2.50 bits per heavy atom. The molecule has 0 aliphatic heterocycles. The molecule has 0 aromatic rings. The van der Waals surface area contributed by atoms with Crippen molar-refractivity contribution in [1.82, 2.24) is 4.90 Å². The number of likely N-dealkylation sites (N-methyl/N-ethyl adjacent to an activating group) is 1. The van der Waals surface area contributed by atoms with E-state index < -0.39 is 0 Å². The summed E-state index contributed by atoms with van der Waals surface area (Å²) in [5.41, 5.74) is 5.33. The molecule has 0 radical (unpaired) electrons. The van der Waals surface area contributed by atoms with E-state index in [1.165, 1.54) is 0 Å². The maximum Gasteiger partial charge on any atom is 0.0157 e. The molecule has 0 rings (SSSR count). The molecule has 0 spiro atoms. The summed E-state index contributed by atoms with van der Waals surface area (Å²) in [4.78, 5) is 2.14. The standard InChI is InChI=1S/C8H18N2/c1-10(2)8-6-4-3-5-7-9/h4,6H,3,5,7-9H2,1-2H3.